The summed E-state index contributed by atoms with van der Waals surface area (Å²) in [6.07, 6.45) is 3.60. The lowest BCUT2D eigenvalue weighted by Crippen LogP contribution is -2.50. The third-order valence-corrected chi connectivity index (χ3v) is 5.26. The third-order valence-electron chi connectivity index (χ3n) is 4.93. The SMILES string of the molecule is O=C1CCN(C(=O)NCC2(c3ccccc3Cl)CCC2)CCN1. The highest BCUT2D eigenvalue weighted by Crippen LogP contribution is 2.45. The van der Waals surface area contributed by atoms with E-state index in [0.29, 0.717) is 32.6 Å². The first kappa shape index (κ1) is 16.1. The lowest BCUT2D eigenvalue weighted by atomic mass is 9.64. The Labute approximate surface area is 141 Å². The van der Waals surface area contributed by atoms with Crippen LogP contribution in [0.25, 0.3) is 0 Å². The molecule has 0 aromatic heterocycles. The zero-order valence-electron chi connectivity index (χ0n) is 13.1. The smallest absolute Gasteiger partial charge is 0.317 e. The first-order chi connectivity index (χ1) is 11.1. The van der Waals surface area contributed by atoms with Gasteiger partial charge in [-0.05, 0) is 24.5 Å². The van der Waals surface area contributed by atoms with E-state index in [0.717, 1.165) is 29.8 Å². The standard InChI is InChI=1S/C17H22ClN3O2/c18-14-5-2-1-4-13(14)17(7-3-8-17)12-20-16(23)21-10-6-15(22)19-9-11-21/h1-2,4-5H,3,6-12H2,(H,19,22)(H,20,23). The van der Waals surface area contributed by atoms with Crippen LogP contribution >= 0.6 is 11.6 Å². The second kappa shape index (κ2) is 6.79. The summed E-state index contributed by atoms with van der Waals surface area (Å²) in [5.41, 5.74) is 1.08. The van der Waals surface area contributed by atoms with Crippen LogP contribution in [0.2, 0.25) is 5.02 Å². The normalized spacial score (nSPS) is 20.2. The zero-order chi connectivity index (χ0) is 16.3. The number of hydrogen-bond donors (Lipinski definition) is 2. The molecule has 3 amide bonds. The maximum atomic E-state index is 12.4. The molecule has 0 atom stereocenters. The maximum absolute atomic E-state index is 12.4. The number of hydrogen-bond acceptors (Lipinski definition) is 2. The number of benzene rings is 1. The average Bonchev–Trinajstić information content (AvgIpc) is 2.72. The van der Waals surface area contributed by atoms with Crippen molar-refractivity contribution in [2.75, 3.05) is 26.2 Å². The molecule has 0 radical (unpaired) electrons. The largest absolute Gasteiger partial charge is 0.354 e. The third kappa shape index (κ3) is 3.44. The summed E-state index contributed by atoms with van der Waals surface area (Å²) in [4.78, 5) is 25.5. The average molecular weight is 336 g/mol. The van der Waals surface area contributed by atoms with Crippen molar-refractivity contribution in [3.63, 3.8) is 0 Å². The van der Waals surface area contributed by atoms with Gasteiger partial charge in [0.15, 0.2) is 0 Å². The summed E-state index contributed by atoms with van der Waals surface area (Å²) in [6.45, 7) is 2.13. The Balaban J connectivity index is 1.63. The fourth-order valence-electron chi connectivity index (χ4n) is 3.36. The van der Waals surface area contributed by atoms with Crippen LogP contribution in [0.4, 0.5) is 4.79 Å². The monoisotopic (exact) mass is 335 g/mol. The summed E-state index contributed by atoms with van der Waals surface area (Å²) >= 11 is 6.35. The molecule has 1 saturated carbocycles. The second-order valence-electron chi connectivity index (χ2n) is 6.36. The Bertz CT molecular complexity index is 601. The Morgan fingerprint density at radius 1 is 1.30 bits per heavy atom. The molecule has 2 N–H and O–H groups in total. The number of carbonyl (C=O) groups excluding carboxylic acids is 2. The fourth-order valence-corrected chi connectivity index (χ4v) is 3.70. The Morgan fingerprint density at radius 3 is 2.78 bits per heavy atom. The molecule has 1 aromatic carbocycles. The van der Waals surface area contributed by atoms with Gasteiger partial charge in [-0.3, -0.25) is 4.79 Å². The highest BCUT2D eigenvalue weighted by atomic mass is 35.5. The van der Waals surface area contributed by atoms with Crippen LogP contribution in [0.3, 0.4) is 0 Å². The highest BCUT2D eigenvalue weighted by Gasteiger charge is 2.40. The summed E-state index contributed by atoms with van der Waals surface area (Å²) in [5.74, 6) is 0.00632. The number of carbonyl (C=O) groups is 2. The zero-order valence-corrected chi connectivity index (χ0v) is 13.9. The van der Waals surface area contributed by atoms with Crippen LogP contribution in [0.1, 0.15) is 31.2 Å². The second-order valence-corrected chi connectivity index (χ2v) is 6.77. The number of urea groups is 1. The number of rotatable bonds is 3. The van der Waals surface area contributed by atoms with Crippen molar-refractivity contribution in [2.24, 2.45) is 0 Å². The van der Waals surface area contributed by atoms with Crippen LogP contribution in [0.5, 0.6) is 0 Å². The van der Waals surface area contributed by atoms with E-state index < -0.39 is 0 Å². The van der Waals surface area contributed by atoms with E-state index in [1.54, 1.807) is 4.90 Å². The van der Waals surface area contributed by atoms with E-state index in [-0.39, 0.29) is 17.4 Å². The van der Waals surface area contributed by atoms with Crippen LogP contribution in [0.15, 0.2) is 24.3 Å². The van der Waals surface area contributed by atoms with Crippen molar-refractivity contribution in [1.29, 1.82) is 0 Å². The molecule has 1 aliphatic heterocycles. The minimum Gasteiger partial charge on any atom is -0.354 e. The predicted molar refractivity (Wildman–Crippen MR) is 89.6 cm³/mol. The maximum Gasteiger partial charge on any atom is 0.317 e. The molecular weight excluding hydrogens is 314 g/mol. The van der Waals surface area contributed by atoms with Crippen LogP contribution in [-0.4, -0.2) is 43.0 Å². The molecule has 124 valence electrons. The van der Waals surface area contributed by atoms with Gasteiger partial charge in [-0.1, -0.05) is 36.2 Å². The van der Waals surface area contributed by atoms with Gasteiger partial charge < -0.3 is 15.5 Å². The summed E-state index contributed by atoms with van der Waals surface area (Å²) in [7, 11) is 0. The predicted octanol–water partition coefficient (Wildman–Crippen LogP) is 2.29. The Hall–Kier alpha value is -1.75. The van der Waals surface area contributed by atoms with Gasteiger partial charge in [0.2, 0.25) is 5.91 Å². The van der Waals surface area contributed by atoms with Crippen molar-refractivity contribution in [3.05, 3.63) is 34.9 Å². The molecule has 1 aromatic rings. The van der Waals surface area contributed by atoms with Crippen molar-refractivity contribution >= 4 is 23.5 Å². The van der Waals surface area contributed by atoms with Crippen molar-refractivity contribution < 1.29 is 9.59 Å². The van der Waals surface area contributed by atoms with Gasteiger partial charge in [0, 0.05) is 43.0 Å². The minimum atomic E-state index is -0.0974. The van der Waals surface area contributed by atoms with Gasteiger partial charge in [0.1, 0.15) is 0 Å². The van der Waals surface area contributed by atoms with Crippen molar-refractivity contribution in [3.8, 4) is 0 Å². The van der Waals surface area contributed by atoms with Crippen molar-refractivity contribution in [2.45, 2.75) is 31.1 Å². The van der Waals surface area contributed by atoms with E-state index in [4.69, 9.17) is 11.6 Å². The van der Waals surface area contributed by atoms with Gasteiger partial charge in [0.25, 0.3) is 0 Å². The summed E-state index contributed by atoms with van der Waals surface area (Å²) in [5, 5.41) is 6.60. The molecule has 3 rings (SSSR count). The van der Waals surface area contributed by atoms with Crippen molar-refractivity contribution in [1.82, 2.24) is 15.5 Å². The molecule has 5 nitrogen and oxygen atoms in total. The molecule has 0 unspecified atom stereocenters. The summed E-state index contributed by atoms with van der Waals surface area (Å²) < 4.78 is 0. The van der Waals surface area contributed by atoms with E-state index in [9.17, 15) is 9.59 Å². The molecule has 6 heteroatoms. The summed E-state index contributed by atoms with van der Waals surface area (Å²) in [6, 6.07) is 7.79. The van der Waals surface area contributed by atoms with Gasteiger partial charge >= 0.3 is 6.03 Å². The Kier molecular flexibility index (Phi) is 4.76. The van der Waals surface area contributed by atoms with Gasteiger partial charge in [-0.15, -0.1) is 0 Å². The van der Waals surface area contributed by atoms with E-state index in [1.807, 2.05) is 18.2 Å². The molecule has 1 aliphatic carbocycles. The number of halogens is 1. The minimum absolute atomic E-state index is 0.00632. The fraction of sp³-hybridized carbons (Fsp3) is 0.529. The molecule has 0 spiro atoms. The number of nitrogens with one attached hydrogen (secondary N) is 2. The quantitative estimate of drug-likeness (QED) is 0.890. The lowest BCUT2D eigenvalue weighted by Gasteiger charge is -2.43. The van der Waals surface area contributed by atoms with Crippen LogP contribution in [-0.2, 0) is 10.2 Å². The van der Waals surface area contributed by atoms with Crippen LogP contribution < -0.4 is 10.6 Å². The van der Waals surface area contributed by atoms with Gasteiger partial charge in [-0.2, -0.15) is 0 Å². The molecule has 23 heavy (non-hydrogen) atoms. The van der Waals surface area contributed by atoms with E-state index >= 15 is 0 Å². The molecule has 2 fully saturated rings. The highest BCUT2D eigenvalue weighted by molar-refractivity contribution is 6.31. The molecule has 2 aliphatic rings. The molecule has 1 heterocycles. The molecule has 0 bridgehead atoms. The number of nitrogens with zero attached hydrogens (tertiary/aromatic N) is 1. The van der Waals surface area contributed by atoms with E-state index in [2.05, 4.69) is 16.7 Å². The molecule has 1 saturated heterocycles. The Morgan fingerprint density at radius 2 is 2.09 bits per heavy atom. The lowest BCUT2D eigenvalue weighted by molar-refractivity contribution is -0.120. The van der Waals surface area contributed by atoms with Crippen LogP contribution in [0, 0.1) is 0 Å². The first-order valence-electron chi connectivity index (χ1n) is 8.15. The van der Waals surface area contributed by atoms with E-state index in [1.165, 1.54) is 0 Å². The number of amides is 3. The van der Waals surface area contributed by atoms with Gasteiger partial charge in [0.05, 0.1) is 0 Å². The van der Waals surface area contributed by atoms with Gasteiger partial charge in [-0.25, -0.2) is 4.79 Å². The molecular formula is C17H22ClN3O2. The topological polar surface area (TPSA) is 61.4 Å². The first-order valence-corrected chi connectivity index (χ1v) is 8.53.